The van der Waals surface area contributed by atoms with Crippen molar-refractivity contribution in [2.24, 2.45) is 0 Å². The lowest BCUT2D eigenvalue weighted by Crippen LogP contribution is -2.37. The van der Waals surface area contributed by atoms with Crippen LogP contribution >= 0.6 is 15.8 Å². The van der Waals surface area contributed by atoms with Crippen LogP contribution in [0.1, 0.15) is 46.7 Å². The highest BCUT2D eigenvalue weighted by atomic mass is 31.1. The van der Waals surface area contributed by atoms with E-state index in [2.05, 4.69) is 43.3 Å². The Morgan fingerprint density at radius 3 is 1.04 bits per heavy atom. The van der Waals surface area contributed by atoms with Crippen LogP contribution in [0.5, 0.6) is 0 Å². The van der Waals surface area contributed by atoms with Crippen LogP contribution in [-0.2, 0) is 0 Å². The van der Waals surface area contributed by atoms with E-state index in [-0.39, 0.29) is 45.4 Å². The summed E-state index contributed by atoms with van der Waals surface area (Å²) in [6, 6.07) is 44.4. The second-order valence-electron chi connectivity index (χ2n) is 13.2. The quantitative estimate of drug-likeness (QED) is 0.168. The van der Waals surface area contributed by atoms with Gasteiger partial charge in [-0.2, -0.15) is 0 Å². The summed E-state index contributed by atoms with van der Waals surface area (Å²) >= 11 is 0. The van der Waals surface area contributed by atoms with Crippen molar-refractivity contribution in [1.82, 2.24) is 18.7 Å². The van der Waals surface area contributed by atoms with Gasteiger partial charge in [0.05, 0.1) is 27.3 Å². The fourth-order valence-corrected chi connectivity index (χ4v) is 15.5. The molecule has 8 nitrogen and oxygen atoms in total. The van der Waals surface area contributed by atoms with E-state index in [1.165, 1.54) is 0 Å². The molecule has 0 spiro atoms. The number of nitrogens with zero attached hydrogens (tertiary/aromatic N) is 4. The smallest absolute Gasteiger partial charge is 0.267 e. The second kappa shape index (κ2) is 12.6. The highest BCUT2D eigenvalue weighted by Gasteiger charge is 2.46. The van der Waals surface area contributed by atoms with Crippen molar-refractivity contribution in [3.05, 3.63) is 198 Å². The fraction of sp³-hybridized carbons (Fsp3) is 0.171. The maximum atomic E-state index is 14.5. The third-order valence-electron chi connectivity index (χ3n) is 10.5. The number of aromatic nitrogens is 4. The van der Waals surface area contributed by atoms with Crippen molar-refractivity contribution < 1.29 is 0 Å². The van der Waals surface area contributed by atoms with E-state index in [9.17, 15) is 19.2 Å². The van der Waals surface area contributed by atoms with Gasteiger partial charge in [0.15, 0.2) is 0 Å². The molecule has 2 aliphatic rings. The van der Waals surface area contributed by atoms with Crippen molar-refractivity contribution in [2.45, 2.75) is 30.1 Å². The molecule has 0 N–H and O–H groups in total. The third-order valence-corrected chi connectivity index (χ3v) is 16.9. The molecule has 51 heavy (non-hydrogen) atoms. The van der Waals surface area contributed by atoms with Crippen LogP contribution in [0.15, 0.2) is 159 Å². The number of fused-ring (bicyclic) bond motifs is 4. The first-order valence-corrected chi connectivity index (χ1v) is 20.5. The van der Waals surface area contributed by atoms with Crippen LogP contribution in [0.4, 0.5) is 0 Å². The highest BCUT2D eigenvalue weighted by molar-refractivity contribution is 7.62. The molecule has 10 heteroatoms. The van der Waals surface area contributed by atoms with E-state index >= 15 is 0 Å². The lowest BCUT2D eigenvalue weighted by atomic mass is 10.2. The number of hydrogen-bond donors (Lipinski definition) is 0. The minimum absolute atomic E-state index is 0.156. The van der Waals surface area contributed by atoms with Gasteiger partial charge in [0.1, 0.15) is 17.3 Å². The average Bonchev–Trinajstić information content (AvgIpc) is 3.68. The Bertz CT molecular complexity index is 2590. The molecule has 252 valence electrons. The van der Waals surface area contributed by atoms with Gasteiger partial charge in [-0.05, 0) is 76.0 Å². The topological polar surface area (TPSA) is 88.0 Å². The SMILES string of the molecule is C[C@@H]1n2c(=O)c3ccccc3c(=O)n2[C@H](c2ccccc2)P1CCP1[C@@H](c2ccccc2)n2c(=O)c3ccccc3c(=O)n2[C@@H]1c1ccccc1. The van der Waals surface area contributed by atoms with Crippen LogP contribution in [0.3, 0.4) is 0 Å². The molecule has 9 rings (SSSR count). The third kappa shape index (κ3) is 4.88. The van der Waals surface area contributed by atoms with Gasteiger partial charge < -0.3 is 0 Å². The predicted octanol–water partition coefficient (Wildman–Crippen LogP) is 7.49. The number of benzene rings is 5. The van der Waals surface area contributed by atoms with Crippen molar-refractivity contribution >= 4 is 37.4 Å². The maximum Gasteiger partial charge on any atom is 0.274 e. The van der Waals surface area contributed by atoms with Crippen molar-refractivity contribution in [3.8, 4) is 0 Å². The second-order valence-corrected chi connectivity index (χ2v) is 18.3. The van der Waals surface area contributed by atoms with Gasteiger partial charge in [-0.3, -0.25) is 19.2 Å². The van der Waals surface area contributed by atoms with Gasteiger partial charge in [-0.25, -0.2) is 18.7 Å². The molecule has 1 unspecified atom stereocenters. The van der Waals surface area contributed by atoms with E-state index in [4.69, 9.17) is 0 Å². The maximum absolute atomic E-state index is 14.5. The summed E-state index contributed by atoms with van der Waals surface area (Å²) in [6.45, 7) is 2.07. The molecule has 2 aromatic heterocycles. The Kier molecular flexibility index (Phi) is 7.83. The lowest BCUT2D eigenvalue weighted by molar-refractivity contribution is 0.482. The fourth-order valence-electron chi connectivity index (χ4n) is 8.19. The van der Waals surface area contributed by atoms with E-state index in [0.29, 0.717) is 21.5 Å². The van der Waals surface area contributed by atoms with Crippen LogP contribution in [0.2, 0.25) is 0 Å². The van der Waals surface area contributed by atoms with Gasteiger partial charge >= 0.3 is 0 Å². The summed E-state index contributed by atoms with van der Waals surface area (Å²) in [6.07, 6.45) is 1.45. The average molecular weight is 709 g/mol. The molecule has 7 aromatic rings. The molecule has 0 aliphatic carbocycles. The molecule has 4 heterocycles. The van der Waals surface area contributed by atoms with Crippen molar-refractivity contribution in [1.29, 1.82) is 0 Å². The van der Waals surface area contributed by atoms with Crippen LogP contribution in [0, 0.1) is 0 Å². The number of rotatable bonds is 6. The normalized spacial score (nSPS) is 21.2. The Balaban J connectivity index is 1.23. The Labute approximate surface area is 295 Å². The summed E-state index contributed by atoms with van der Waals surface area (Å²) in [7, 11) is -2.14. The highest BCUT2D eigenvalue weighted by Crippen LogP contribution is 2.70. The molecule has 0 saturated heterocycles. The molecule has 0 amide bonds. The molecule has 2 aliphatic heterocycles. The molecule has 5 atom stereocenters. The van der Waals surface area contributed by atoms with E-state index in [0.717, 1.165) is 29.0 Å². The largest absolute Gasteiger partial charge is 0.274 e. The monoisotopic (exact) mass is 708 g/mol. The van der Waals surface area contributed by atoms with Gasteiger partial charge in [-0.1, -0.05) is 115 Å². The summed E-state index contributed by atoms with van der Waals surface area (Å²) in [5, 5.41) is 1.70. The number of hydrogen-bond acceptors (Lipinski definition) is 4. The zero-order chi connectivity index (χ0) is 34.8. The molecular formula is C41H34N4O4P2. The standard InChI is InChI=1S/C41H34N4O4P2/c1-27-42-35(46)31-21-11-12-22-32(31)36(47)43(42)39(28-15-5-2-6-16-28)50(27)25-26-51-40(29-17-7-3-8-18-29)44-37(48)33-23-13-14-24-34(33)38(49)45(44)41(51)30-19-9-4-10-20-30/h2-24,27,39-41H,25-26H2,1H3/t27-,39+,40+,41+,50?/m1/s1. The summed E-state index contributed by atoms with van der Waals surface area (Å²) in [5.74, 6) is -1.22. The molecule has 0 fully saturated rings. The Morgan fingerprint density at radius 1 is 0.392 bits per heavy atom. The van der Waals surface area contributed by atoms with E-state index in [1.807, 2.05) is 66.7 Å². The van der Waals surface area contributed by atoms with Crippen molar-refractivity contribution in [3.63, 3.8) is 0 Å². The van der Waals surface area contributed by atoms with Crippen LogP contribution in [0.25, 0.3) is 21.5 Å². The molecule has 5 aromatic carbocycles. The first-order chi connectivity index (χ1) is 25.0. The van der Waals surface area contributed by atoms with Gasteiger partial charge in [-0.15, -0.1) is 0 Å². The Hall–Kier alpha value is -5.16. The summed E-state index contributed by atoms with van der Waals surface area (Å²) in [5.41, 5.74) is 2.30. The molecular weight excluding hydrogens is 674 g/mol. The zero-order valence-corrected chi connectivity index (χ0v) is 29.6. The predicted molar refractivity (Wildman–Crippen MR) is 207 cm³/mol. The molecule has 0 bridgehead atoms. The van der Waals surface area contributed by atoms with E-state index < -0.39 is 15.8 Å². The van der Waals surface area contributed by atoms with Gasteiger partial charge in [0, 0.05) is 0 Å². The molecule has 0 saturated carbocycles. The van der Waals surface area contributed by atoms with Gasteiger partial charge in [0.2, 0.25) is 0 Å². The van der Waals surface area contributed by atoms with E-state index in [1.54, 1.807) is 55.1 Å². The summed E-state index contributed by atoms with van der Waals surface area (Å²) < 4.78 is 6.90. The summed E-state index contributed by atoms with van der Waals surface area (Å²) in [4.78, 5) is 57.4. The van der Waals surface area contributed by atoms with Crippen LogP contribution in [-0.4, -0.2) is 31.1 Å². The minimum Gasteiger partial charge on any atom is -0.267 e. The van der Waals surface area contributed by atoms with Gasteiger partial charge in [0.25, 0.3) is 22.2 Å². The first-order valence-electron chi connectivity index (χ1n) is 17.1. The minimum atomic E-state index is -1.12. The zero-order valence-electron chi connectivity index (χ0n) is 27.8. The lowest BCUT2D eigenvalue weighted by Gasteiger charge is -2.29. The van der Waals surface area contributed by atoms with Crippen molar-refractivity contribution in [2.75, 3.05) is 12.3 Å². The van der Waals surface area contributed by atoms with Crippen LogP contribution < -0.4 is 22.2 Å². The Morgan fingerprint density at radius 2 is 0.667 bits per heavy atom. The first kappa shape index (κ1) is 31.8. The molecule has 0 radical (unpaired) electrons.